The third kappa shape index (κ3) is 13.9. The SMILES string of the molecule is NCCCCCCCCCCCCON. The third-order valence-corrected chi connectivity index (χ3v) is 2.72. The third-order valence-electron chi connectivity index (χ3n) is 2.72. The van der Waals surface area contributed by atoms with Crippen LogP contribution in [0.5, 0.6) is 0 Å². The summed E-state index contributed by atoms with van der Waals surface area (Å²) in [6.45, 7) is 1.56. The Balaban J connectivity index is 2.81. The van der Waals surface area contributed by atoms with Crippen molar-refractivity contribution in [3.05, 3.63) is 0 Å². The molecule has 0 aromatic rings. The van der Waals surface area contributed by atoms with E-state index in [1.165, 1.54) is 57.8 Å². The van der Waals surface area contributed by atoms with Gasteiger partial charge in [0, 0.05) is 0 Å². The first-order valence-corrected chi connectivity index (χ1v) is 6.43. The second kappa shape index (κ2) is 13.9. The van der Waals surface area contributed by atoms with Gasteiger partial charge in [-0.25, -0.2) is 5.90 Å². The molecule has 0 aliphatic heterocycles. The highest BCUT2D eigenvalue weighted by atomic mass is 16.6. The van der Waals surface area contributed by atoms with Crippen molar-refractivity contribution in [1.29, 1.82) is 0 Å². The second-order valence-corrected chi connectivity index (χ2v) is 4.19. The van der Waals surface area contributed by atoms with Gasteiger partial charge in [0.05, 0.1) is 6.61 Å². The predicted octanol–water partition coefficient (Wildman–Crippen LogP) is 2.74. The first kappa shape index (κ1) is 14.9. The first-order valence-electron chi connectivity index (χ1n) is 6.43. The number of hydrogen-bond donors (Lipinski definition) is 2. The lowest BCUT2D eigenvalue weighted by Crippen LogP contribution is -2.00. The number of nitrogens with two attached hydrogens (primary N) is 2. The van der Waals surface area contributed by atoms with Crippen LogP contribution in [0.3, 0.4) is 0 Å². The van der Waals surface area contributed by atoms with Gasteiger partial charge >= 0.3 is 0 Å². The molecule has 0 aromatic heterocycles. The summed E-state index contributed by atoms with van der Waals surface area (Å²) < 4.78 is 0. The summed E-state index contributed by atoms with van der Waals surface area (Å²) in [5.74, 6) is 4.94. The minimum absolute atomic E-state index is 0.707. The quantitative estimate of drug-likeness (QED) is 0.389. The molecule has 0 bridgehead atoms. The Bertz CT molecular complexity index is 97.8. The largest absolute Gasteiger partial charge is 0.330 e. The van der Waals surface area contributed by atoms with Gasteiger partial charge < -0.3 is 10.6 Å². The smallest absolute Gasteiger partial charge is 0.0679 e. The zero-order chi connectivity index (χ0) is 11.2. The van der Waals surface area contributed by atoms with E-state index in [-0.39, 0.29) is 0 Å². The average Bonchev–Trinajstić information content (AvgIpc) is 2.26. The van der Waals surface area contributed by atoms with Gasteiger partial charge in [0.1, 0.15) is 0 Å². The highest BCUT2D eigenvalue weighted by Crippen LogP contribution is 2.10. The Morgan fingerprint density at radius 2 is 1.00 bits per heavy atom. The Morgan fingerprint density at radius 1 is 0.600 bits per heavy atom. The minimum atomic E-state index is 0.707. The zero-order valence-corrected chi connectivity index (χ0v) is 10.0. The summed E-state index contributed by atoms with van der Waals surface area (Å²) in [7, 11) is 0. The van der Waals surface area contributed by atoms with E-state index in [2.05, 4.69) is 4.84 Å². The van der Waals surface area contributed by atoms with Crippen molar-refractivity contribution in [2.45, 2.75) is 64.2 Å². The van der Waals surface area contributed by atoms with Crippen LogP contribution in [0.25, 0.3) is 0 Å². The maximum atomic E-state index is 5.43. The van der Waals surface area contributed by atoms with Crippen molar-refractivity contribution in [2.75, 3.05) is 13.2 Å². The predicted molar refractivity (Wildman–Crippen MR) is 65.4 cm³/mol. The molecule has 3 heteroatoms. The number of unbranched alkanes of at least 4 members (excludes halogenated alkanes) is 9. The van der Waals surface area contributed by atoms with Gasteiger partial charge in [-0.1, -0.05) is 51.4 Å². The molecule has 0 aromatic carbocycles. The zero-order valence-electron chi connectivity index (χ0n) is 10.0. The topological polar surface area (TPSA) is 61.3 Å². The van der Waals surface area contributed by atoms with E-state index in [0.29, 0.717) is 6.61 Å². The van der Waals surface area contributed by atoms with Gasteiger partial charge in [-0.05, 0) is 19.4 Å². The lowest BCUT2D eigenvalue weighted by molar-refractivity contribution is 0.133. The summed E-state index contributed by atoms with van der Waals surface area (Å²) in [6, 6.07) is 0. The lowest BCUT2D eigenvalue weighted by atomic mass is 10.1. The van der Waals surface area contributed by atoms with Crippen LogP contribution < -0.4 is 11.6 Å². The molecule has 0 heterocycles. The van der Waals surface area contributed by atoms with Gasteiger partial charge in [-0.15, -0.1) is 0 Å². The van der Waals surface area contributed by atoms with Crippen molar-refractivity contribution >= 4 is 0 Å². The Labute approximate surface area is 94.5 Å². The Hall–Kier alpha value is -0.120. The van der Waals surface area contributed by atoms with Crippen LogP contribution >= 0.6 is 0 Å². The molecule has 0 aliphatic carbocycles. The fourth-order valence-corrected chi connectivity index (χ4v) is 1.74. The molecule has 0 atom stereocenters. The maximum Gasteiger partial charge on any atom is 0.0679 e. The van der Waals surface area contributed by atoms with Gasteiger partial charge in [-0.2, -0.15) is 0 Å². The van der Waals surface area contributed by atoms with Gasteiger partial charge in [0.25, 0.3) is 0 Å². The van der Waals surface area contributed by atoms with Crippen LogP contribution in [0.15, 0.2) is 0 Å². The van der Waals surface area contributed by atoms with E-state index in [9.17, 15) is 0 Å². The fraction of sp³-hybridized carbons (Fsp3) is 1.00. The molecular formula is C12H28N2O. The van der Waals surface area contributed by atoms with E-state index in [1.54, 1.807) is 0 Å². The van der Waals surface area contributed by atoms with Gasteiger partial charge in [0.2, 0.25) is 0 Å². The highest BCUT2D eigenvalue weighted by molar-refractivity contribution is 4.48. The van der Waals surface area contributed by atoms with E-state index < -0.39 is 0 Å². The molecule has 92 valence electrons. The normalized spacial score (nSPS) is 10.8. The van der Waals surface area contributed by atoms with Gasteiger partial charge in [0.15, 0.2) is 0 Å². The van der Waals surface area contributed by atoms with Crippen molar-refractivity contribution < 1.29 is 4.84 Å². The molecule has 15 heavy (non-hydrogen) atoms. The molecule has 3 nitrogen and oxygen atoms in total. The molecular weight excluding hydrogens is 188 g/mol. The summed E-state index contributed by atoms with van der Waals surface area (Å²) in [4.78, 5) is 4.51. The first-order chi connectivity index (χ1) is 7.41. The summed E-state index contributed by atoms with van der Waals surface area (Å²) in [6.07, 6.45) is 13.1. The molecule has 0 amide bonds. The minimum Gasteiger partial charge on any atom is -0.330 e. The summed E-state index contributed by atoms with van der Waals surface area (Å²) >= 11 is 0. The van der Waals surface area contributed by atoms with Crippen LogP contribution in [0, 0.1) is 0 Å². The van der Waals surface area contributed by atoms with Crippen LogP contribution in [0.4, 0.5) is 0 Å². The second-order valence-electron chi connectivity index (χ2n) is 4.19. The van der Waals surface area contributed by atoms with E-state index in [4.69, 9.17) is 11.6 Å². The van der Waals surface area contributed by atoms with Crippen molar-refractivity contribution in [2.24, 2.45) is 11.6 Å². The standard InChI is InChI=1S/C12H28N2O/c13-11-9-7-5-3-1-2-4-6-8-10-12-15-14/h1-14H2. The van der Waals surface area contributed by atoms with Gasteiger partial charge in [-0.3, -0.25) is 0 Å². The Kier molecular flexibility index (Phi) is 13.8. The maximum absolute atomic E-state index is 5.43. The summed E-state index contributed by atoms with van der Waals surface area (Å²) in [5.41, 5.74) is 5.43. The van der Waals surface area contributed by atoms with Crippen molar-refractivity contribution in [3.63, 3.8) is 0 Å². The van der Waals surface area contributed by atoms with E-state index in [0.717, 1.165) is 13.0 Å². The van der Waals surface area contributed by atoms with E-state index >= 15 is 0 Å². The number of rotatable bonds is 12. The highest BCUT2D eigenvalue weighted by Gasteiger charge is 1.92. The van der Waals surface area contributed by atoms with Crippen LogP contribution in [0.1, 0.15) is 64.2 Å². The molecule has 0 fully saturated rings. The average molecular weight is 216 g/mol. The van der Waals surface area contributed by atoms with Crippen molar-refractivity contribution in [3.8, 4) is 0 Å². The molecule has 0 rings (SSSR count). The van der Waals surface area contributed by atoms with Crippen LogP contribution in [0.2, 0.25) is 0 Å². The van der Waals surface area contributed by atoms with E-state index in [1.807, 2.05) is 0 Å². The number of hydrogen-bond acceptors (Lipinski definition) is 3. The van der Waals surface area contributed by atoms with Crippen LogP contribution in [-0.4, -0.2) is 13.2 Å². The molecule has 0 aliphatic rings. The van der Waals surface area contributed by atoms with Crippen LogP contribution in [-0.2, 0) is 4.84 Å². The Morgan fingerprint density at radius 3 is 1.40 bits per heavy atom. The molecule has 0 radical (unpaired) electrons. The monoisotopic (exact) mass is 216 g/mol. The molecule has 0 saturated carbocycles. The molecule has 4 N–H and O–H groups in total. The molecule has 0 unspecified atom stereocenters. The summed E-state index contributed by atoms with van der Waals surface area (Å²) in [5, 5.41) is 0. The molecule has 0 saturated heterocycles. The molecule has 0 spiro atoms. The lowest BCUT2D eigenvalue weighted by Gasteiger charge is -2.01. The van der Waals surface area contributed by atoms with Crippen molar-refractivity contribution in [1.82, 2.24) is 0 Å². The fourth-order valence-electron chi connectivity index (χ4n) is 1.74.